The number of carbonyl (C=O) groups is 1. The van der Waals surface area contributed by atoms with E-state index in [1.807, 2.05) is 0 Å². The van der Waals surface area contributed by atoms with E-state index in [1.54, 1.807) is 0 Å². The number of sulfonamides is 1. The number of rotatable bonds is 6. The zero-order chi connectivity index (χ0) is 22.0. The van der Waals surface area contributed by atoms with Crippen molar-refractivity contribution in [3.05, 3.63) is 64.2 Å². The maximum Gasteiger partial charge on any atom is 0.416 e. The van der Waals surface area contributed by atoms with E-state index in [4.69, 9.17) is 0 Å². The van der Waals surface area contributed by atoms with Gasteiger partial charge in [-0.1, -0.05) is 12.1 Å². The number of halogens is 3. The minimum Gasteiger partial charge on any atom is -0.324 e. The predicted molar refractivity (Wildman–Crippen MR) is 100.0 cm³/mol. The Bertz CT molecular complexity index is 1040. The molecule has 0 bridgehead atoms. The van der Waals surface area contributed by atoms with Crippen LogP contribution in [0.5, 0.6) is 0 Å². The first kappa shape index (κ1) is 22.1. The molecule has 1 atom stereocenters. The van der Waals surface area contributed by atoms with E-state index < -0.39 is 38.6 Å². The van der Waals surface area contributed by atoms with Crippen LogP contribution < -0.4 is 9.62 Å². The molecule has 29 heavy (non-hydrogen) atoms. The Hall–Kier alpha value is -3.15. The van der Waals surface area contributed by atoms with Crippen molar-refractivity contribution in [2.24, 2.45) is 0 Å². The van der Waals surface area contributed by atoms with Gasteiger partial charge in [-0.3, -0.25) is 19.2 Å². The highest BCUT2D eigenvalue weighted by Crippen LogP contribution is 2.31. The molecule has 2 aromatic carbocycles. The Morgan fingerprint density at radius 1 is 1.17 bits per heavy atom. The van der Waals surface area contributed by atoms with Gasteiger partial charge >= 0.3 is 6.18 Å². The summed E-state index contributed by atoms with van der Waals surface area (Å²) in [4.78, 5) is 22.7. The fraction of sp³-hybridized carbons (Fsp3) is 0.235. The quantitative estimate of drug-likeness (QED) is 0.557. The maximum absolute atomic E-state index is 12.8. The summed E-state index contributed by atoms with van der Waals surface area (Å²) in [5, 5.41) is 13.2. The zero-order valence-electron chi connectivity index (χ0n) is 15.2. The van der Waals surface area contributed by atoms with Crippen LogP contribution in [-0.4, -0.2) is 31.5 Å². The van der Waals surface area contributed by atoms with E-state index in [0.29, 0.717) is 10.4 Å². The Labute approximate surface area is 164 Å². The van der Waals surface area contributed by atoms with Crippen molar-refractivity contribution < 1.29 is 31.3 Å². The summed E-state index contributed by atoms with van der Waals surface area (Å²) in [6.45, 7) is 1.21. The molecule has 0 saturated carbocycles. The normalized spacial score (nSPS) is 12.9. The van der Waals surface area contributed by atoms with Crippen LogP contribution in [0.25, 0.3) is 0 Å². The molecule has 0 saturated heterocycles. The molecule has 0 heterocycles. The number of nitro groups is 1. The lowest BCUT2D eigenvalue weighted by molar-refractivity contribution is -0.384. The Balaban J connectivity index is 2.35. The fourth-order valence-corrected chi connectivity index (χ4v) is 3.74. The molecule has 12 heteroatoms. The van der Waals surface area contributed by atoms with Crippen LogP contribution in [0.15, 0.2) is 48.5 Å². The van der Waals surface area contributed by atoms with Gasteiger partial charge in [-0.15, -0.1) is 0 Å². The summed E-state index contributed by atoms with van der Waals surface area (Å²) in [7, 11) is -4.06. The minimum atomic E-state index is -4.62. The van der Waals surface area contributed by atoms with Crippen LogP contribution in [-0.2, 0) is 21.0 Å². The van der Waals surface area contributed by atoms with Crippen LogP contribution in [0.3, 0.4) is 0 Å². The van der Waals surface area contributed by atoms with Gasteiger partial charge in [-0.25, -0.2) is 8.42 Å². The molecule has 2 aromatic rings. The number of non-ortho nitro benzene ring substituents is 1. The van der Waals surface area contributed by atoms with E-state index in [2.05, 4.69) is 5.32 Å². The second-order valence-electron chi connectivity index (χ2n) is 6.08. The van der Waals surface area contributed by atoms with Crippen LogP contribution in [0, 0.1) is 10.1 Å². The van der Waals surface area contributed by atoms with Crippen molar-refractivity contribution >= 4 is 33.0 Å². The standard InChI is InChI=1S/C17H16F3N3O5S/c1-11(16(24)21-13-6-3-5-12(9-13)17(18,19)20)22(29(2,27)28)14-7-4-8-15(10-14)23(25)26/h3-11H,1-2H3,(H,21,24)/t11-/m1/s1. The third-order valence-electron chi connectivity index (χ3n) is 3.84. The van der Waals surface area contributed by atoms with E-state index in [-0.39, 0.29) is 17.1 Å². The lowest BCUT2D eigenvalue weighted by Gasteiger charge is -2.28. The average molecular weight is 431 g/mol. The van der Waals surface area contributed by atoms with Gasteiger partial charge in [0.2, 0.25) is 15.9 Å². The minimum absolute atomic E-state index is 0.131. The summed E-state index contributed by atoms with van der Waals surface area (Å²) >= 11 is 0. The molecule has 0 aliphatic carbocycles. The monoisotopic (exact) mass is 431 g/mol. The number of hydrogen-bond donors (Lipinski definition) is 1. The summed E-state index contributed by atoms with van der Waals surface area (Å²) in [5.74, 6) is -0.916. The number of carbonyl (C=O) groups excluding carboxylic acids is 1. The third kappa shape index (κ3) is 5.44. The molecule has 1 N–H and O–H groups in total. The van der Waals surface area contributed by atoms with E-state index in [1.165, 1.54) is 25.1 Å². The second kappa shape index (κ2) is 8.07. The molecule has 0 aromatic heterocycles. The highest BCUT2D eigenvalue weighted by Gasteiger charge is 2.32. The predicted octanol–water partition coefficient (Wildman–Crippen LogP) is 3.41. The van der Waals surface area contributed by atoms with Gasteiger partial charge in [0.05, 0.1) is 22.4 Å². The van der Waals surface area contributed by atoms with E-state index in [9.17, 15) is 36.5 Å². The zero-order valence-corrected chi connectivity index (χ0v) is 16.0. The van der Waals surface area contributed by atoms with Crippen LogP contribution in [0.2, 0.25) is 0 Å². The number of amides is 1. The van der Waals surface area contributed by atoms with E-state index >= 15 is 0 Å². The molecule has 1 amide bonds. The van der Waals surface area contributed by atoms with E-state index in [0.717, 1.165) is 30.5 Å². The SMILES string of the molecule is C[C@H](C(=O)Nc1cccc(C(F)(F)F)c1)N(c1cccc([N+](=O)[O-])c1)S(C)(=O)=O. The summed E-state index contributed by atoms with van der Waals surface area (Å²) in [6, 6.07) is 7.10. The number of nitrogens with one attached hydrogen (secondary N) is 1. The average Bonchev–Trinajstić information content (AvgIpc) is 2.60. The molecule has 2 rings (SSSR count). The molecule has 8 nitrogen and oxygen atoms in total. The number of nitro benzene ring substituents is 1. The summed E-state index contributed by atoms with van der Waals surface area (Å²) in [5.41, 5.74) is -1.68. The highest BCUT2D eigenvalue weighted by molar-refractivity contribution is 7.92. The molecule has 0 aliphatic rings. The Kier molecular flexibility index (Phi) is 6.16. The number of alkyl halides is 3. The molecule has 0 spiro atoms. The number of hydrogen-bond acceptors (Lipinski definition) is 5. The van der Waals surface area contributed by atoms with Crippen molar-refractivity contribution in [1.82, 2.24) is 0 Å². The molecule has 156 valence electrons. The first-order valence-corrected chi connectivity index (χ1v) is 9.87. The summed E-state index contributed by atoms with van der Waals surface area (Å²) < 4.78 is 63.6. The van der Waals surface area contributed by atoms with Crippen molar-refractivity contribution in [3.8, 4) is 0 Å². The van der Waals surface area contributed by atoms with Gasteiger partial charge in [-0.05, 0) is 31.2 Å². The molecular weight excluding hydrogens is 415 g/mol. The topological polar surface area (TPSA) is 110 Å². The van der Waals surface area contributed by atoms with Crippen LogP contribution in [0.4, 0.5) is 30.2 Å². The number of benzene rings is 2. The maximum atomic E-state index is 12.8. The van der Waals surface area contributed by atoms with Gasteiger partial charge in [-0.2, -0.15) is 13.2 Å². The van der Waals surface area contributed by atoms with Crippen LogP contribution in [0.1, 0.15) is 12.5 Å². The van der Waals surface area contributed by atoms with Gasteiger partial charge in [0.15, 0.2) is 0 Å². The smallest absolute Gasteiger partial charge is 0.324 e. The lowest BCUT2D eigenvalue weighted by atomic mass is 10.2. The third-order valence-corrected chi connectivity index (χ3v) is 5.08. The van der Waals surface area contributed by atoms with Gasteiger partial charge in [0.25, 0.3) is 5.69 Å². The lowest BCUT2D eigenvalue weighted by Crippen LogP contribution is -2.45. The number of anilines is 2. The molecule has 0 unspecified atom stereocenters. The van der Waals surface area contributed by atoms with Crippen molar-refractivity contribution in [3.63, 3.8) is 0 Å². The molecular formula is C17H16F3N3O5S. The van der Waals surface area contributed by atoms with Crippen molar-refractivity contribution in [1.29, 1.82) is 0 Å². The fourth-order valence-electron chi connectivity index (χ4n) is 2.57. The second-order valence-corrected chi connectivity index (χ2v) is 7.94. The van der Waals surface area contributed by atoms with Gasteiger partial charge < -0.3 is 5.32 Å². The molecule has 0 radical (unpaired) electrons. The number of nitrogens with zero attached hydrogens (tertiary/aromatic N) is 2. The first-order valence-electron chi connectivity index (χ1n) is 8.02. The Morgan fingerprint density at radius 3 is 2.34 bits per heavy atom. The van der Waals surface area contributed by atoms with Crippen molar-refractivity contribution in [2.45, 2.75) is 19.1 Å². The largest absolute Gasteiger partial charge is 0.416 e. The summed E-state index contributed by atoms with van der Waals surface area (Å²) in [6.07, 6.45) is -3.81. The van der Waals surface area contributed by atoms with Crippen LogP contribution >= 0.6 is 0 Å². The van der Waals surface area contributed by atoms with Gasteiger partial charge in [0.1, 0.15) is 6.04 Å². The first-order chi connectivity index (χ1) is 13.3. The van der Waals surface area contributed by atoms with Gasteiger partial charge in [0, 0.05) is 17.8 Å². The molecule has 0 aliphatic heterocycles. The molecule has 0 fully saturated rings. The van der Waals surface area contributed by atoms with Crippen molar-refractivity contribution in [2.75, 3.05) is 15.9 Å². The highest BCUT2D eigenvalue weighted by atomic mass is 32.2. The Morgan fingerprint density at radius 2 is 1.79 bits per heavy atom.